The van der Waals surface area contributed by atoms with Gasteiger partial charge in [-0.25, -0.2) is 4.68 Å². The normalized spacial score (nSPS) is 24.2. The van der Waals surface area contributed by atoms with Gasteiger partial charge in [0.25, 0.3) is 0 Å². The van der Waals surface area contributed by atoms with Gasteiger partial charge in [0, 0.05) is 37.1 Å². The van der Waals surface area contributed by atoms with Crippen molar-refractivity contribution in [3.8, 4) is 0 Å². The third-order valence-corrected chi connectivity index (χ3v) is 7.49. The highest BCUT2D eigenvalue weighted by molar-refractivity contribution is 5.90. The molecule has 3 fully saturated rings. The molecule has 1 aliphatic heterocycles. The highest BCUT2D eigenvalue weighted by atomic mass is 16.5. The number of amides is 2. The van der Waals surface area contributed by atoms with Crippen LogP contribution in [0.15, 0.2) is 16.8 Å². The Morgan fingerprint density at radius 3 is 2.63 bits per heavy atom. The fraction of sp³-hybridized carbons (Fsp3) is 0.720. The standard InChI is InChI=1S/C25H36N6O4/c1-25(2,3)22(31-14-19(27-29-31)15-8-9-15)24(34)30-13-18(32)11-20(30)23(33)26-12-17-10-21(35-28-17)16-6-4-5-7-16/h10,14-16,18,20,22,32H,4-9,11-13H2,1-3H3,(H,26,33)/t18?,20?,22-/m1/s1. The minimum atomic E-state index is -0.755. The maximum Gasteiger partial charge on any atom is 0.248 e. The monoisotopic (exact) mass is 484 g/mol. The van der Waals surface area contributed by atoms with Crippen molar-refractivity contribution in [3.05, 3.63) is 29.4 Å². The summed E-state index contributed by atoms with van der Waals surface area (Å²) >= 11 is 0. The number of nitrogens with zero attached hydrogens (tertiary/aromatic N) is 5. The van der Waals surface area contributed by atoms with E-state index in [1.807, 2.05) is 33.0 Å². The van der Waals surface area contributed by atoms with Gasteiger partial charge in [0.05, 0.1) is 18.3 Å². The van der Waals surface area contributed by atoms with E-state index in [0.29, 0.717) is 17.5 Å². The van der Waals surface area contributed by atoms with Crippen LogP contribution in [0, 0.1) is 5.41 Å². The van der Waals surface area contributed by atoms with Crippen molar-refractivity contribution in [2.24, 2.45) is 5.41 Å². The molecule has 10 heteroatoms. The van der Waals surface area contributed by atoms with E-state index in [-0.39, 0.29) is 31.3 Å². The van der Waals surface area contributed by atoms with Crippen molar-refractivity contribution in [2.45, 2.75) is 102 Å². The van der Waals surface area contributed by atoms with E-state index in [1.54, 1.807) is 4.68 Å². The summed E-state index contributed by atoms with van der Waals surface area (Å²) in [6.45, 7) is 6.26. The molecule has 190 valence electrons. The summed E-state index contributed by atoms with van der Waals surface area (Å²) < 4.78 is 7.14. The molecule has 2 saturated carbocycles. The molecule has 5 rings (SSSR count). The van der Waals surface area contributed by atoms with Gasteiger partial charge in [-0.3, -0.25) is 9.59 Å². The lowest BCUT2D eigenvalue weighted by molar-refractivity contribution is -0.144. The van der Waals surface area contributed by atoms with Crippen LogP contribution >= 0.6 is 0 Å². The van der Waals surface area contributed by atoms with Crippen molar-refractivity contribution in [1.29, 1.82) is 0 Å². The molecular formula is C25H36N6O4. The lowest BCUT2D eigenvalue weighted by atomic mass is 9.85. The van der Waals surface area contributed by atoms with Gasteiger partial charge in [-0.2, -0.15) is 0 Å². The molecule has 2 unspecified atom stereocenters. The predicted octanol–water partition coefficient (Wildman–Crippen LogP) is 2.67. The molecule has 0 aromatic carbocycles. The highest BCUT2D eigenvalue weighted by Gasteiger charge is 2.45. The number of β-amino-alcohol motifs (C(OH)–C–C–N with tert-alkyl or cyclic N) is 1. The fourth-order valence-corrected chi connectivity index (χ4v) is 5.44. The zero-order valence-corrected chi connectivity index (χ0v) is 20.8. The smallest absolute Gasteiger partial charge is 0.248 e. The van der Waals surface area contributed by atoms with E-state index in [4.69, 9.17) is 4.52 Å². The molecule has 0 bridgehead atoms. The Bertz CT molecular complexity index is 1060. The van der Waals surface area contributed by atoms with Gasteiger partial charge in [0.2, 0.25) is 11.8 Å². The van der Waals surface area contributed by atoms with Crippen LogP contribution in [0.5, 0.6) is 0 Å². The zero-order valence-electron chi connectivity index (χ0n) is 20.8. The van der Waals surface area contributed by atoms with Crippen LogP contribution in [-0.4, -0.2) is 60.7 Å². The largest absolute Gasteiger partial charge is 0.391 e. The summed E-state index contributed by atoms with van der Waals surface area (Å²) in [7, 11) is 0. The number of nitrogens with one attached hydrogen (secondary N) is 1. The van der Waals surface area contributed by atoms with Gasteiger partial charge in [-0.1, -0.05) is 44.0 Å². The number of rotatable bonds is 7. The Labute approximate surface area is 205 Å². The van der Waals surface area contributed by atoms with Crippen LogP contribution in [0.25, 0.3) is 0 Å². The van der Waals surface area contributed by atoms with Crippen LogP contribution in [0.3, 0.4) is 0 Å². The molecule has 10 nitrogen and oxygen atoms in total. The number of aromatic nitrogens is 4. The molecular weight excluding hydrogens is 448 g/mol. The van der Waals surface area contributed by atoms with Gasteiger partial charge in [0.15, 0.2) is 0 Å². The lowest BCUT2D eigenvalue weighted by Gasteiger charge is -2.34. The lowest BCUT2D eigenvalue weighted by Crippen LogP contribution is -2.50. The molecule has 2 aromatic heterocycles. The second-order valence-electron chi connectivity index (χ2n) is 11.5. The third-order valence-electron chi connectivity index (χ3n) is 7.49. The van der Waals surface area contributed by atoms with E-state index >= 15 is 0 Å². The average molecular weight is 485 g/mol. The van der Waals surface area contributed by atoms with E-state index < -0.39 is 23.6 Å². The summed E-state index contributed by atoms with van der Waals surface area (Å²) in [5, 5.41) is 25.9. The van der Waals surface area contributed by atoms with Crippen LogP contribution < -0.4 is 5.32 Å². The van der Waals surface area contributed by atoms with Crippen LogP contribution in [0.2, 0.25) is 0 Å². The SMILES string of the molecule is CC(C)(C)[C@@H](C(=O)N1CC(O)CC1C(=O)NCc1cc(C2CCCC2)on1)n1cc(C2CC2)nn1. The molecule has 2 amide bonds. The van der Waals surface area contributed by atoms with E-state index in [2.05, 4.69) is 20.8 Å². The van der Waals surface area contributed by atoms with Gasteiger partial charge < -0.3 is 19.8 Å². The molecule has 0 spiro atoms. The number of hydrogen-bond acceptors (Lipinski definition) is 7. The minimum absolute atomic E-state index is 0.115. The molecule has 3 atom stereocenters. The highest BCUT2D eigenvalue weighted by Crippen LogP contribution is 2.40. The Balaban J connectivity index is 1.27. The first-order valence-electron chi connectivity index (χ1n) is 12.8. The first kappa shape index (κ1) is 24.0. The van der Waals surface area contributed by atoms with Gasteiger partial charge >= 0.3 is 0 Å². The predicted molar refractivity (Wildman–Crippen MR) is 126 cm³/mol. The van der Waals surface area contributed by atoms with Gasteiger partial charge in [-0.15, -0.1) is 5.10 Å². The van der Waals surface area contributed by atoms with Crippen molar-refractivity contribution < 1.29 is 19.2 Å². The van der Waals surface area contributed by atoms with Crippen molar-refractivity contribution >= 4 is 11.8 Å². The number of carbonyl (C=O) groups is 2. The number of carbonyl (C=O) groups excluding carboxylic acids is 2. The molecule has 3 aliphatic rings. The average Bonchev–Trinajstić information content (AvgIpc) is 3.26. The van der Waals surface area contributed by atoms with Gasteiger partial charge in [-0.05, 0) is 31.1 Å². The van der Waals surface area contributed by atoms with Crippen molar-refractivity contribution in [2.75, 3.05) is 6.54 Å². The molecule has 35 heavy (non-hydrogen) atoms. The molecule has 1 saturated heterocycles. The van der Waals surface area contributed by atoms with Crippen molar-refractivity contribution in [3.63, 3.8) is 0 Å². The van der Waals surface area contributed by atoms with E-state index in [9.17, 15) is 14.7 Å². The zero-order chi connectivity index (χ0) is 24.7. The summed E-state index contributed by atoms with van der Waals surface area (Å²) in [6.07, 6.45) is 8.14. The third kappa shape index (κ3) is 5.12. The van der Waals surface area contributed by atoms with E-state index in [0.717, 1.165) is 37.1 Å². The minimum Gasteiger partial charge on any atom is -0.391 e. The summed E-state index contributed by atoms with van der Waals surface area (Å²) in [5.41, 5.74) is 1.11. The van der Waals surface area contributed by atoms with Crippen LogP contribution in [0.1, 0.15) is 101 Å². The number of likely N-dealkylation sites (tertiary alicyclic amines) is 1. The number of aliphatic hydroxyl groups is 1. The topological polar surface area (TPSA) is 126 Å². The second kappa shape index (κ2) is 9.37. The number of aliphatic hydroxyl groups excluding tert-OH is 1. The Morgan fingerprint density at radius 1 is 1.20 bits per heavy atom. The fourth-order valence-electron chi connectivity index (χ4n) is 5.44. The molecule has 2 N–H and O–H groups in total. The second-order valence-corrected chi connectivity index (χ2v) is 11.5. The Kier molecular flexibility index (Phi) is 6.41. The van der Waals surface area contributed by atoms with Gasteiger partial charge in [0.1, 0.15) is 23.5 Å². The first-order chi connectivity index (χ1) is 16.7. The Hall–Kier alpha value is -2.75. The van der Waals surface area contributed by atoms with Crippen LogP contribution in [0.4, 0.5) is 0 Å². The maximum atomic E-state index is 13.8. The summed E-state index contributed by atoms with van der Waals surface area (Å²) in [4.78, 5) is 28.4. The molecule has 2 aliphatic carbocycles. The molecule has 3 heterocycles. The van der Waals surface area contributed by atoms with E-state index in [1.165, 1.54) is 17.7 Å². The Morgan fingerprint density at radius 2 is 1.94 bits per heavy atom. The first-order valence-corrected chi connectivity index (χ1v) is 12.8. The quantitative estimate of drug-likeness (QED) is 0.619. The number of hydrogen-bond donors (Lipinski definition) is 2. The van der Waals surface area contributed by atoms with Crippen LogP contribution in [-0.2, 0) is 16.1 Å². The summed E-state index contributed by atoms with van der Waals surface area (Å²) in [6, 6.07) is 0.531. The summed E-state index contributed by atoms with van der Waals surface area (Å²) in [5.74, 6) is 1.19. The molecule has 0 radical (unpaired) electrons. The maximum absolute atomic E-state index is 13.8. The molecule has 2 aromatic rings. The van der Waals surface area contributed by atoms with Crippen molar-refractivity contribution in [1.82, 2.24) is 30.4 Å².